The van der Waals surface area contributed by atoms with Crippen LogP contribution in [0.3, 0.4) is 0 Å². The summed E-state index contributed by atoms with van der Waals surface area (Å²) in [6.45, 7) is 3.64. The van der Waals surface area contributed by atoms with Crippen LogP contribution in [0.4, 0.5) is 4.39 Å². The van der Waals surface area contributed by atoms with Gasteiger partial charge < -0.3 is 5.11 Å². The first-order valence-electron chi connectivity index (χ1n) is 4.63. The molecule has 0 aromatic heterocycles. The summed E-state index contributed by atoms with van der Waals surface area (Å²) in [6, 6.07) is 4.31. The van der Waals surface area contributed by atoms with E-state index in [1.54, 1.807) is 13.0 Å². The predicted octanol–water partition coefficient (Wildman–Crippen LogP) is 3.35. The summed E-state index contributed by atoms with van der Waals surface area (Å²) in [5, 5.41) is 9.76. The molecule has 0 aliphatic heterocycles. The highest BCUT2D eigenvalue weighted by Gasteiger charge is 2.12. The smallest absolute Gasteiger partial charge is 0.123 e. The van der Waals surface area contributed by atoms with Gasteiger partial charge in [-0.15, -0.1) is 0 Å². The number of benzene rings is 1. The summed E-state index contributed by atoms with van der Waals surface area (Å²) in [5.74, 6) is -0.222. The molecule has 1 N–H and O–H groups in total. The molecule has 0 saturated carbocycles. The van der Waals surface area contributed by atoms with E-state index in [4.69, 9.17) is 11.6 Å². The lowest BCUT2D eigenvalue weighted by atomic mass is 9.95. The van der Waals surface area contributed by atoms with Crippen LogP contribution >= 0.6 is 11.6 Å². The third kappa shape index (κ3) is 2.96. The van der Waals surface area contributed by atoms with Gasteiger partial charge in [0.25, 0.3) is 0 Å². The average Bonchev–Trinajstić information content (AvgIpc) is 2.08. The second-order valence-electron chi connectivity index (χ2n) is 3.65. The third-order valence-corrected chi connectivity index (χ3v) is 2.53. The van der Waals surface area contributed by atoms with Crippen molar-refractivity contribution in [1.29, 1.82) is 0 Å². The van der Waals surface area contributed by atoms with Crippen molar-refractivity contribution in [2.45, 2.75) is 32.3 Å². The largest absolute Gasteiger partial charge is 0.393 e. The number of rotatable bonds is 3. The van der Waals surface area contributed by atoms with Crippen LogP contribution in [0.15, 0.2) is 18.2 Å². The Morgan fingerprint density at radius 2 is 2.07 bits per heavy atom. The minimum atomic E-state index is -0.399. The van der Waals surface area contributed by atoms with E-state index >= 15 is 0 Å². The normalized spacial score (nSPS) is 15.2. The molecule has 0 fully saturated rings. The van der Waals surface area contributed by atoms with Crippen LogP contribution in [0.5, 0.6) is 0 Å². The zero-order chi connectivity index (χ0) is 10.7. The first-order valence-corrected chi connectivity index (χ1v) is 5.01. The fourth-order valence-corrected chi connectivity index (χ4v) is 1.83. The van der Waals surface area contributed by atoms with Crippen molar-refractivity contribution < 1.29 is 9.50 Å². The molecule has 0 spiro atoms. The molecule has 1 aromatic carbocycles. The molecule has 1 rings (SSSR count). The molecule has 1 aromatic rings. The minimum Gasteiger partial charge on any atom is -0.393 e. The predicted molar refractivity (Wildman–Crippen MR) is 56.1 cm³/mol. The van der Waals surface area contributed by atoms with Crippen LogP contribution in [0.2, 0.25) is 5.02 Å². The third-order valence-electron chi connectivity index (χ3n) is 2.18. The number of halogens is 2. The highest BCUT2D eigenvalue weighted by atomic mass is 35.5. The van der Waals surface area contributed by atoms with E-state index in [0.29, 0.717) is 11.4 Å². The van der Waals surface area contributed by atoms with Crippen LogP contribution in [0.1, 0.15) is 31.7 Å². The van der Waals surface area contributed by atoms with E-state index in [1.165, 1.54) is 12.1 Å². The summed E-state index contributed by atoms with van der Waals surface area (Å²) < 4.78 is 12.9. The first kappa shape index (κ1) is 11.5. The topological polar surface area (TPSA) is 20.2 Å². The van der Waals surface area contributed by atoms with Gasteiger partial charge in [-0.1, -0.05) is 18.5 Å². The minimum absolute atomic E-state index is 0.0678. The van der Waals surface area contributed by atoms with Crippen molar-refractivity contribution in [3.05, 3.63) is 34.6 Å². The van der Waals surface area contributed by atoms with Gasteiger partial charge in [-0.25, -0.2) is 4.39 Å². The summed E-state index contributed by atoms with van der Waals surface area (Å²) in [4.78, 5) is 0. The van der Waals surface area contributed by atoms with Crippen molar-refractivity contribution in [2.75, 3.05) is 0 Å². The van der Waals surface area contributed by atoms with Crippen LogP contribution in [0, 0.1) is 5.82 Å². The standard InChI is InChI=1S/C11H14ClFO/c1-7(5-8(2)14)10-6-9(13)3-4-11(10)12/h3-4,6-8,14H,5H2,1-2H3. The van der Waals surface area contributed by atoms with Crippen molar-refractivity contribution in [1.82, 2.24) is 0 Å². The van der Waals surface area contributed by atoms with Crippen molar-refractivity contribution in [2.24, 2.45) is 0 Å². The maximum absolute atomic E-state index is 12.9. The van der Waals surface area contributed by atoms with E-state index in [1.807, 2.05) is 6.92 Å². The number of aliphatic hydroxyl groups excluding tert-OH is 1. The lowest BCUT2D eigenvalue weighted by Crippen LogP contribution is -2.06. The SMILES string of the molecule is CC(O)CC(C)c1cc(F)ccc1Cl. The Hall–Kier alpha value is -0.600. The van der Waals surface area contributed by atoms with Crippen LogP contribution in [-0.4, -0.2) is 11.2 Å². The van der Waals surface area contributed by atoms with Gasteiger partial charge in [-0.05, 0) is 43.0 Å². The summed E-state index contributed by atoms with van der Waals surface area (Å²) in [5.41, 5.74) is 0.757. The van der Waals surface area contributed by atoms with E-state index in [0.717, 1.165) is 5.56 Å². The zero-order valence-corrected chi connectivity index (χ0v) is 9.05. The Morgan fingerprint density at radius 3 is 2.64 bits per heavy atom. The van der Waals surface area contributed by atoms with Gasteiger partial charge in [0.1, 0.15) is 5.82 Å². The molecule has 1 nitrogen and oxygen atoms in total. The molecular formula is C11H14ClFO. The lowest BCUT2D eigenvalue weighted by molar-refractivity contribution is 0.176. The Kier molecular flexibility index (Phi) is 3.90. The fraction of sp³-hybridized carbons (Fsp3) is 0.455. The van der Waals surface area contributed by atoms with E-state index in [2.05, 4.69) is 0 Å². The molecule has 0 heterocycles. The molecule has 2 unspecified atom stereocenters. The molecule has 3 heteroatoms. The monoisotopic (exact) mass is 216 g/mol. The quantitative estimate of drug-likeness (QED) is 0.822. The Bertz CT molecular complexity index is 312. The molecule has 0 radical (unpaired) electrons. The number of hydrogen-bond donors (Lipinski definition) is 1. The number of hydrogen-bond acceptors (Lipinski definition) is 1. The molecule has 0 amide bonds. The average molecular weight is 217 g/mol. The lowest BCUT2D eigenvalue weighted by Gasteiger charge is -2.15. The summed E-state index contributed by atoms with van der Waals surface area (Å²) >= 11 is 5.93. The molecular weight excluding hydrogens is 203 g/mol. The highest BCUT2D eigenvalue weighted by Crippen LogP contribution is 2.28. The highest BCUT2D eigenvalue weighted by molar-refractivity contribution is 6.31. The first-order chi connectivity index (χ1) is 6.50. The van der Waals surface area contributed by atoms with Gasteiger partial charge in [-0.3, -0.25) is 0 Å². The molecule has 0 aliphatic carbocycles. The molecule has 0 aliphatic rings. The van der Waals surface area contributed by atoms with Gasteiger partial charge in [0.15, 0.2) is 0 Å². The van der Waals surface area contributed by atoms with Crippen molar-refractivity contribution in [3.8, 4) is 0 Å². The molecule has 0 bridgehead atoms. The second kappa shape index (κ2) is 4.76. The Labute approximate surface area is 88.5 Å². The van der Waals surface area contributed by atoms with Gasteiger partial charge >= 0.3 is 0 Å². The Balaban J connectivity index is 2.88. The van der Waals surface area contributed by atoms with E-state index < -0.39 is 6.10 Å². The van der Waals surface area contributed by atoms with Crippen LogP contribution in [-0.2, 0) is 0 Å². The van der Waals surface area contributed by atoms with Crippen LogP contribution in [0.25, 0.3) is 0 Å². The number of aliphatic hydroxyl groups is 1. The maximum atomic E-state index is 12.9. The van der Waals surface area contributed by atoms with Crippen molar-refractivity contribution in [3.63, 3.8) is 0 Å². The Morgan fingerprint density at radius 1 is 1.43 bits per heavy atom. The second-order valence-corrected chi connectivity index (χ2v) is 4.06. The van der Waals surface area contributed by atoms with Crippen molar-refractivity contribution >= 4 is 11.6 Å². The molecule has 0 saturated heterocycles. The summed E-state index contributed by atoms with van der Waals surface area (Å²) in [6.07, 6.45) is 0.188. The van der Waals surface area contributed by atoms with Gasteiger partial charge in [0.05, 0.1) is 6.10 Å². The maximum Gasteiger partial charge on any atom is 0.123 e. The van der Waals surface area contributed by atoms with Gasteiger partial charge in [0.2, 0.25) is 0 Å². The molecule has 78 valence electrons. The fourth-order valence-electron chi connectivity index (χ4n) is 1.53. The van der Waals surface area contributed by atoms with Gasteiger partial charge in [-0.2, -0.15) is 0 Å². The van der Waals surface area contributed by atoms with E-state index in [-0.39, 0.29) is 11.7 Å². The molecule has 14 heavy (non-hydrogen) atoms. The molecule has 2 atom stereocenters. The van der Waals surface area contributed by atoms with Gasteiger partial charge in [0, 0.05) is 5.02 Å². The van der Waals surface area contributed by atoms with E-state index in [9.17, 15) is 9.50 Å². The summed E-state index contributed by atoms with van der Waals surface area (Å²) in [7, 11) is 0. The van der Waals surface area contributed by atoms with Crippen LogP contribution < -0.4 is 0 Å². The zero-order valence-electron chi connectivity index (χ0n) is 8.30.